The largest absolute Gasteiger partial charge is 0.295 e. The van der Waals surface area contributed by atoms with Gasteiger partial charge in [0.25, 0.3) is 0 Å². The Kier molecular flexibility index (Phi) is 7.64. The second-order valence-corrected chi connectivity index (χ2v) is 0.815. The van der Waals surface area contributed by atoms with Gasteiger partial charge in [0.15, 0.2) is 5.78 Å². The predicted octanol–water partition coefficient (Wildman–Crippen LogP) is 0.759. The summed E-state index contributed by atoms with van der Waals surface area (Å²) in [5.41, 5.74) is 0. The Morgan fingerprint density at radius 1 is 1.83 bits per heavy atom. The molecule has 0 rings (SSSR count). The van der Waals surface area contributed by atoms with E-state index in [1.807, 2.05) is 0 Å². The third kappa shape index (κ3) is 9.07. The normalized spacial score (nSPS) is 5.50. The van der Waals surface area contributed by atoms with Crippen LogP contribution in [-0.2, 0) is 21.6 Å². The maximum atomic E-state index is 9.69. The Morgan fingerprint density at radius 3 is 2.00 bits per heavy atom. The SMILES string of the molecule is C=CC(C)=O.[Co]. The quantitative estimate of drug-likeness (QED) is 0.477. The molecule has 37 valence electrons. The van der Waals surface area contributed by atoms with Crippen molar-refractivity contribution in [2.24, 2.45) is 0 Å². The van der Waals surface area contributed by atoms with E-state index in [0.29, 0.717) is 0 Å². The summed E-state index contributed by atoms with van der Waals surface area (Å²) in [7, 11) is 0. The van der Waals surface area contributed by atoms with Crippen LogP contribution in [0.25, 0.3) is 0 Å². The first-order chi connectivity index (χ1) is 2.27. The van der Waals surface area contributed by atoms with Crippen molar-refractivity contribution in [2.45, 2.75) is 6.92 Å². The van der Waals surface area contributed by atoms with E-state index in [-0.39, 0.29) is 22.6 Å². The zero-order valence-electron chi connectivity index (χ0n) is 3.53. The van der Waals surface area contributed by atoms with Gasteiger partial charge >= 0.3 is 0 Å². The van der Waals surface area contributed by atoms with Crippen LogP contribution in [0.1, 0.15) is 6.92 Å². The van der Waals surface area contributed by atoms with Crippen molar-refractivity contribution in [3.8, 4) is 0 Å². The van der Waals surface area contributed by atoms with Crippen LogP contribution in [0.3, 0.4) is 0 Å². The fourth-order valence-corrected chi connectivity index (χ4v) is 0. The molecule has 0 unspecified atom stereocenters. The summed E-state index contributed by atoms with van der Waals surface area (Å²) in [6.45, 7) is 4.68. The predicted molar refractivity (Wildman–Crippen MR) is 20.9 cm³/mol. The van der Waals surface area contributed by atoms with Gasteiger partial charge in [-0.3, -0.25) is 4.79 Å². The minimum absolute atomic E-state index is 0. The number of ketones is 1. The second-order valence-electron chi connectivity index (χ2n) is 0.815. The van der Waals surface area contributed by atoms with Gasteiger partial charge in [0.2, 0.25) is 0 Å². The Morgan fingerprint density at radius 2 is 2.00 bits per heavy atom. The number of hydrogen-bond donors (Lipinski definition) is 0. The number of carbonyl (C=O) groups is 1. The molecule has 0 saturated heterocycles. The fourth-order valence-electron chi connectivity index (χ4n) is 0. The maximum absolute atomic E-state index is 9.69. The van der Waals surface area contributed by atoms with Gasteiger partial charge in [0, 0.05) is 16.8 Å². The van der Waals surface area contributed by atoms with Crippen molar-refractivity contribution in [3.63, 3.8) is 0 Å². The average molecular weight is 129 g/mol. The molecule has 0 fully saturated rings. The monoisotopic (exact) mass is 129 g/mol. The van der Waals surface area contributed by atoms with Gasteiger partial charge in [0.1, 0.15) is 0 Å². The third-order valence-electron chi connectivity index (χ3n) is 0.287. The molecule has 0 bridgehead atoms. The molecule has 6 heavy (non-hydrogen) atoms. The molecule has 0 aliphatic rings. The smallest absolute Gasteiger partial charge is 0.152 e. The van der Waals surface area contributed by atoms with E-state index in [0.717, 1.165) is 0 Å². The molecule has 1 nitrogen and oxygen atoms in total. The standard InChI is InChI=1S/C4H6O.Co/c1-3-4(2)5;/h3H,1H2,2H3;. The van der Waals surface area contributed by atoms with Gasteiger partial charge < -0.3 is 0 Å². The van der Waals surface area contributed by atoms with E-state index < -0.39 is 0 Å². The molecule has 0 spiro atoms. The van der Waals surface area contributed by atoms with Crippen LogP contribution in [0, 0.1) is 0 Å². The first-order valence-corrected chi connectivity index (χ1v) is 1.40. The third-order valence-corrected chi connectivity index (χ3v) is 0.287. The zero-order valence-corrected chi connectivity index (χ0v) is 4.57. The molecule has 0 atom stereocenters. The van der Waals surface area contributed by atoms with E-state index in [1.54, 1.807) is 0 Å². The van der Waals surface area contributed by atoms with Crippen molar-refractivity contribution in [2.75, 3.05) is 0 Å². The van der Waals surface area contributed by atoms with Crippen molar-refractivity contribution >= 4 is 5.78 Å². The first kappa shape index (κ1) is 9.32. The van der Waals surface area contributed by atoms with Gasteiger partial charge in [-0.15, -0.1) is 0 Å². The molecule has 0 aliphatic carbocycles. The van der Waals surface area contributed by atoms with Gasteiger partial charge in [0.05, 0.1) is 0 Å². The maximum Gasteiger partial charge on any atom is 0.152 e. The van der Waals surface area contributed by atoms with E-state index >= 15 is 0 Å². The van der Waals surface area contributed by atoms with Gasteiger partial charge in [-0.2, -0.15) is 0 Å². The Labute approximate surface area is 47.6 Å². The number of carbonyl (C=O) groups excluding carboxylic acids is 1. The van der Waals surface area contributed by atoms with Crippen LogP contribution in [-0.4, -0.2) is 5.78 Å². The molecule has 1 radical (unpaired) electrons. The summed E-state index contributed by atoms with van der Waals surface area (Å²) >= 11 is 0. The van der Waals surface area contributed by atoms with E-state index in [2.05, 4.69) is 6.58 Å². The Hall–Kier alpha value is -0.0835. The van der Waals surface area contributed by atoms with Crippen LogP contribution in [0.4, 0.5) is 0 Å². The second kappa shape index (κ2) is 4.92. The molecular formula is C4H6CoO. The number of hydrogen-bond acceptors (Lipinski definition) is 1. The minimum Gasteiger partial charge on any atom is -0.295 e. The van der Waals surface area contributed by atoms with Crippen LogP contribution >= 0.6 is 0 Å². The summed E-state index contributed by atoms with van der Waals surface area (Å²) in [6, 6.07) is 0. The molecule has 0 heterocycles. The summed E-state index contributed by atoms with van der Waals surface area (Å²) < 4.78 is 0. The molecule has 0 aromatic rings. The van der Waals surface area contributed by atoms with Crippen LogP contribution in [0.15, 0.2) is 12.7 Å². The molecule has 2 heteroatoms. The Balaban J connectivity index is 0. The fraction of sp³-hybridized carbons (Fsp3) is 0.250. The summed E-state index contributed by atoms with van der Waals surface area (Å²) in [4.78, 5) is 9.69. The van der Waals surface area contributed by atoms with E-state index in [1.165, 1.54) is 13.0 Å². The number of allylic oxidation sites excluding steroid dienone is 1. The molecular weight excluding hydrogens is 123 g/mol. The molecule has 0 saturated carbocycles. The van der Waals surface area contributed by atoms with Crippen molar-refractivity contribution < 1.29 is 21.6 Å². The summed E-state index contributed by atoms with van der Waals surface area (Å²) in [5.74, 6) is 0.0185. The van der Waals surface area contributed by atoms with E-state index in [4.69, 9.17) is 0 Å². The average Bonchev–Trinajstić information content (AvgIpc) is 1.38. The first-order valence-electron chi connectivity index (χ1n) is 1.40. The van der Waals surface area contributed by atoms with Crippen LogP contribution in [0.5, 0.6) is 0 Å². The van der Waals surface area contributed by atoms with Crippen molar-refractivity contribution in [1.82, 2.24) is 0 Å². The minimum atomic E-state index is 0. The molecule has 0 aromatic carbocycles. The summed E-state index contributed by atoms with van der Waals surface area (Å²) in [5, 5.41) is 0. The number of rotatable bonds is 1. The zero-order chi connectivity index (χ0) is 4.28. The summed E-state index contributed by atoms with van der Waals surface area (Å²) in [6.07, 6.45) is 1.28. The van der Waals surface area contributed by atoms with Gasteiger partial charge in [-0.25, -0.2) is 0 Å². The topological polar surface area (TPSA) is 17.1 Å². The van der Waals surface area contributed by atoms with Crippen molar-refractivity contribution in [1.29, 1.82) is 0 Å². The van der Waals surface area contributed by atoms with Crippen molar-refractivity contribution in [3.05, 3.63) is 12.7 Å². The van der Waals surface area contributed by atoms with Crippen LogP contribution < -0.4 is 0 Å². The van der Waals surface area contributed by atoms with Gasteiger partial charge in [-0.1, -0.05) is 6.58 Å². The Bertz CT molecular complexity index is 58.6. The van der Waals surface area contributed by atoms with Gasteiger partial charge in [-0.05, 0) is 13.0 Å². The molecule has 0 aromatic heterocycles. The molecule has 0 N–H and O–H groups in total. The van der Waals surface area contributed by atoms with E-state index in [9.17, 15) is 4.79 Å². The molecule has 0 aliphatic heterocycles. The molecule has 0 amide bonds. The van der Waals surface area contributed by atoms with Crippen LogP contribution in [0.2, 0.25) is 0 Å².